The minimum atomic E-state index is -1.24. The molecule has 0 bridgehead atoms. The van der Waals surface area contributed by atoms with Gasteiger partial charge in [-0.2, -0.15) is 5.26 Å². The van der Waals surface area contributed by atoms with Crippen LogP contribution in [0.5, 0.6) is 0 Å². The molecule has 0 spiro atoms. The van der Waals surface area contributed by atoms with Gasteiger partial charge in [0.1, 0.15) is 10.0 Å². The molecule has 0 saturated heterocycles. The summed E-state index contributed by atoms with van der Waals surface area (Å²) in [4.78, 5) is 0. The summed E-state index contributed by atoms with van der Waals surface area (Å²) < 4.78 is 10.7. The van der Waals surface area contributed by atoms with Crippen molar-refractivity contribution in [3.05, 3.63) is 0 Å². The van der Waals surface area contributed by atoms with E-state index < -0.39 is 10.0 Å². The van der Waals surface area contributed by atoms with Crippen LogP contribution in [0.15, 0.2) is 0 Å². The van der Waals surface area contributed by atoms with Crippen LogP contribution in [0, 0.1) is 17.2 Å². The van der Waals surface area contributed by atoms with Crippen molar-refractivity contribution in [2.24, 2.45) is 5.92 Å². The minimum absolute atomic E-state index is 0.0614. The van der Waals surface area contributed by atoms with Crippen LogP contribution in [0.4, 0.5) is 0 Å². The summed E-state index contributed by atoms with van der Waals surface area (Å²) in [6.07, 6.45) is 2.42. The summed E-state index contributed by atoms with van der Waals surface area (Å²) in [6.45, 7) is 0. The Morgan fingerprint density at radius 1 is 1.60 bits per heavy atom. The van der Waals surface area contributed by atoms with Gasteiger partial charge in [0.05, 0.1) is 11.3 Å². The normalized spacial score (nSPS) is 35.2. The number of nitriles is 1. The van der Waals surface area contributed by atoms with Gasteiger partial charge in [-0.15, -0.1) is 0 Å². The Labute approximate surface area is 67.1 Å². The first-order chi connectivity index (χ1) is 4.74. The molecule has 1 rings (SSSR count). The average molecular weight is 178 g/mol. The molecule has 3 atom stereocenters. The van der Waals surface area contributed by atoms with E-state index in [2.05, 4.69) is 6.07 Å². The van der Waals surface area contributed by atoms with E-state index in [4.69, 9.17) is 15.9 Å². The number of hydrogen-bond acceptors (Lipinski definition) is 2. The van der Waals surface area contributed by atoms with E-state index in [-0.39, 0.29) is 11.2 Å². The summed E-state index contributed by atoms with van der Waals surface area (Å²) in [5.41, 5.74) is 0. The lowest BCUT2D eigenvalue weighted by atomic mass is 10.1. The highest BCUT2D eigenvalue weighted by molar-refractivity contribution is 8.08. The molecule has 0 radical (unpaired) electrons. The van der Waals surface area contributed by atoms with Gasteiger partial charge in [-0.3, -0.25) is 0 Å². The number of nitrogens with zero attached hydrogens (tertiary/aromatic N) is 1. The van der Waals surface area contributed by atoms with Crippen LogP contribution in [0.1, 0.15) is 19.3 Å². The zero-order valence-electron chi connectivity index (χ0n) is 5.42. The molecule has 0 aromatic rings. The first-order valence-corrected chi connectivity index (χ1v) is 5.24. The maximum Gasteiger partial charge on any atom is 0.118 e. The predicted octanol–water partition coefficient (Wildman–Crippen LogP) is 1.58. The van der Waals surface area contributed by atoms with Crippen LogP contribution in [0.2, 0.25) is 0 Å². The lowest BCUT2D eigenvalue weighted by Crippen LogP contribution is -2.04. The molecule has 0 heterocycles. The predicted molar refractivity (Wildman–Crippen MR) is 40.7 cm³/mol. The van der Waals surface area contributed by atoms with Gasteiger partial charge in [-0.05, 0) is 29.9 Å². The molecule has 1 aliphatic rings. The molecule has 2 nitrogen and oxygen atoms in total. The van der Waals surface area contributed by atoms with Gasteiger partial charge in [0.2, 0.25) is 0 Å². The molecule has 3 unspecified atom stereocenters. The Morgan fingerprint density at radius 2 is 2.30 bits per heavy atom. The van der Waals surface area contributed by atoms with Crippen molar-refractivity contribution in [2.75, 3.05) is 0 Å². The van der Waals surface area contributed by atoms with Gasteiger partial charge in [-0.1, -0.05) is 0 Å². The third kappa shape index (κ3) is 1.71. The SMILES string of the molecule is N#CC1CCC(S(=O)Cl)C1. The zero-order valence-corrected chi connectivity index (χ0v) is 6.99. The Morgan fingerprint density at radius 3 is 2.60 bits per heavy atom. The number of rotatable bonds is 1. The Hall–Kier alpha value is -0.0700. The summed E-state index contributed by atoms with van der Waals surface area (Å²) in [7, 11) is 4.13. The van der Waals surface area contributed by atoms with E-state index in [0.29, 0.717) is 6.42 Å². The van der Waals surface area contributed by atoms with Crippen LogP contribution in [0.3, 0.4) is 0 Å². The van der Waals surface area contributed by atoms with Crippen LogP contribution in [-0.2, 0) is 10.0 Å². The highest BCUT2D eigenvalue weighted by Gasteiger charge is 2.27. The molecule has 0 aromatic carbocycles. The maximum absolute atomic E-state index is 10.7. The van der Waals surface area contributed by atoms with Crippen molar-refractivity contribution in [3.8, 4) is 6.07 Å². The van der Waals surface area contributed by atoms with Crippen molar-refractivity contribution in [3.63, 3.8) is 0 Å². The first kappa shape index (κ1) is 8.03. The van der Waals surface area contributed by atoms with E-state index in [1.54, 1.807) is 0 Å². The van der Waals surface area contributed by atoms with Crippen LogP contribution >= 0.6 is 10.7 Å². The summed E-state index contributed by atoms with van der Waals surface area (Å²) in [5, 5.41) is 8.53. The minimum Gasteiger partial charge on any atom is -0.242 e. The van der Waals surface area contributed by atoms with Gasteiger partial charge in [0.15, 0.2) is 0 Å². The standard InChI is InChI=1S/C6H8ClNOS/c7-10(9)6-2-1-5(3-6)4-8/h5-6H,1-3H2. The molecule has 1 fully saturated rings. The summed E-state index contributed by atoms with van der Waals surface area (Å²) in [6, 6.07) is 2.16. The molecule has 0 N–H and O–H groups in total. The van der Waals surface area contributed by atoms with Crippen molar-refractivity contribution in [1.82, 2.24) is 0 Å². The number of halogens is 1. The molecule has 0 amide bonds. The third-order valence-electron chi connectivity index (χ3n) is 1.83. The van der Waals surface area contributed by atoms with E-state index in [9.17, 15) is 4.21 Å². The zero-order chi connectivity index (χ0) is 7.56. The van der Waals surface area contributed by atoms with Crippen LogP contribution in [0.25, 0.3) is 0 Å². The largest absolute Gasteiger partial charge is 0.242 e. The third-order valence-corrected chi connectivity index (χ3v) is 3.54. The molecule has 10 heavy (non-hydrogen) atoms. The highest BCUT2D eigenvalue weighted by atomic mass is 35.7. The maximum atomic E-state index is 10.7. The topological polar surface area (TPSA) is 40.9 Å². The van der Waals surface area contributed by atoms with Gasteiger partial charge in [0.25, 0.3) is 0 Å². The molecular formula is C6H8ClNOS. The summed E-state index contributed by atoms with van der Waals surface area (Å²) in [5.74, 6) is 0.0905. The fourth-order valence-corrected chi connectivity index (χ4v) is 2.42. The Bertz CT molecular complexity index is 189. The van der Waals surface area contributed by atoms with Gasteiger partial charge in [0, 0.05) is 5.92 Å². The average Bonchev–Trinajstić information content (AvgIpc) is 2.34. The van der Waals surface area contributed by atoms with Crippen molar-refractivity contribution in [2.45, 2.75) is 24.5 Å². The lowest BCUT2D eigenvalue weighted by molar-refractivity contribution is 0.673. The molecule has 0 aromatic heterocycles. The van der Waals surface area contributed by atoms with E-state index >= 15 is 0 Å². The molecule has 0 aliphatic heterocycles. The fourth-order valence-electron chi connectivity index (χ4n) is 1.23. The first-order valence-electron chi connectivity index (χ1n) is 3.20. The molecule has 4 heteroatoms. The van der Waals surface area contributed by atoms with Gasteiger partial charge in [-0.25, -0.2) is 4.21 Å². The Balaban J connectivity index is 2.45. The molecular weight excluding hydrogens is 170 g/mol. The number of hydrogen-bond donors (Lipinski definition) is 0. The van der Waals surface area contributed by atoms with Crippen LogP contribution < -0.4 is 0 Å². The molecule has 1 saturated carbocycles. The van der Waals surface area contributed by atoms with Crippen LogP contribution in [-0.4, -0.2) is 9.46 Å². The molecule has 1 aliphatic carbocycles. The second-order valence-corrected chi connectivity index (χ2v) is 4.59. The fraction of sp³-hybridized carbons (Fsp3) is 0.833. The quantitative estimate of drug-likeness (QED) is 0.571. The smallest absolute Gasteiger partial charge is 0.118 e. The van der Waals surface area contributed by atoms with Gasteiger partial charge >= 0.3 is 0 Å². The second kappa shape index (κ2) is 3.36. The van der Waals surface area contributed by atoms with E-state index in [1.165, 1.54) is 0 Å². The van der Waals surface area contributed by atoms with Crippen molar-refractivity contribution >= 4 is 20.7 Å². The Kier molecular flexibility index (Phi) is 2.70. The molecule has 56 valence electrons. The summed E-state index contributed by atoms with van der Waals surface area (Å²) >= 11 is 0. The van der Waals surface area contributed by atoms with E-state index in [1.807, 2.05) is 0 Å². The highest BCUT2D eigenvalue weighted by Crippen LogP contribution is 2.29. The lowest BCUT2D eigenvalue weighted by Gasteiger charge is -1.99. The van der Waals surface area contributed by atoms with E-state index in [0.717, 1.165) is 12.8 Å². The van der Waals surface area contributed by atoms with Crippen molar-refractivity contribution < 1.29 is 4.21 Å². The van der Waals surface area contributed by atoms with Gasteiger partial charge < -0.3 is 0 Å². The monoisotopic (exact) mass is 177 g/mol. The second-order valence-electron chi connectivity index (χ2n) is 2.51. The van der Waals surface area contributed by atoms with Crippen molar-refractivity contribution in [1.29, 1.82) is 5.26 Å².